The number of anilines is 3. The van der Waals surface area contributed by atoms with Crippen molar-refractivity contribution in [2.24, 2.45) is 5.92 Å². The number of H-pyrrole nitrogens is 1. The molecule has 1 fully saturated rings. The Bertz CT molecular complexity index is 1150. The lowest BCUT2D eigenvalue weighted by Gasteiger charge is -2.31. The largest absolute Gasteiger partial charge is 0.342 e. The molecule has 3 heterocycles. The Morgan fingerprint density at radius 2 is 2.00 bits per heavy atom. The molecule has 11 nitrogen and oxygen atoms in total. The number of aryl methyl sites for hydroxylation is 1. The van der Waals surface area contributed by atoms with Crippen molar-refractivity contribution >= 4 is 35.0 Å². The number of nitro benzene ring substituents is 1. The molecule has 1 aromatic heterocycles. The fraction of sp³-hybridized carbons (Fsp3) is 0.429. The van der Waals surface area contributed by atoms with Crippen LogP contribution < -0.4 is 21.1 Å². The van der Waals surface area contributed by atoms with Crippen LogP contribution in [0.15, 0.2) is 23.0 Å². The van der Waals surface area contributed by atoms with E-state index in [4.69, 9.17) is 0 Å². The molecule has 2 aliphatic heterocycles. The van der Waals surface area contributed by atoms with Crippen molar-refractivity contribution < 1.29 is 14.5 Å². The molecule has 11 heteroatoms. The standard InChI is InChI=1S/C21H24N6O5/c1-11-5-7-26(8-6-11)21-24-18-17(20(30)25-21)14(10-16(28)23-18)19(29)22-15-9-13(27(31)32)4-3-12(15)2/h3-4,9,11,14H,5-8,10H2,1-2H3,(H,22,29)(H2,23,24,25,28,30)/t14-/m1/s1. The van der Waals surface area contributed by atoms with Gasteiger partial charge >= 0.3 is 0 Å². The lowest BCUT2D eigenvalue weighted by atomic mass is 9.92. The highest BCUT2D eigenvalue weighted by atomic mass is 16.6. The first-order valence-corrected chi connectivity index (χ1v) is 10.5. The van der Waals surface area contributed by atoms with Gasteiger partial charge in [-0.1, -0.05) is 13.0 Å². The first-order valence-electron chi connectivity index (χ1n) is 10.5. The van der Waals surface area contributed by atoms with E-state index in [2.05, 4.69) is 27.5 Å². The predicted molar refractivity (Wildman–Crippen MR) is 118 cm³/mol. The van der Waals surface area contributed by atoms with E-state index in [1.165, 1.54) is 18.2 Å². The van der Waals surface area contributed by atoms with Crippen LogP contribution in [0.1, 0.15) is 43.2 Å². The normalized spacial score (nSPS) is 18.6. The lowest BCUT2D eigenvalue weighted by Crippen LogP contribution is -2.39. The van der Waals surface area contributed by atoms with E-state index in [0.29, 0.717) is 17.4 Å². The summed E-state index contributed by atoms with van der Waals surface area (Å²) in [6, 6.07) is 4.11. The smallest absolute Gasteiger partial charge is 0.271 e. The summed E-state index contributed by atoms with van der Waals surface area (Å²) in [5, 5.41) is 16.3. The van der Waals surface area contributed by atoms with Crippen LogP contribution in [0.4, 0.5) is 23.1 Å². The number of nitrogens with one attached hydrogen (secondary N) is 3. The first-order chi connectivity index (χ1) is 15.2. The molecule has 1 saturated heterocycles. The third-order valence-corrected chi connectivity index (χ3v) is 6.03. The molecule has 2 aliphatic rings. The van der Waals surface area contributed by atoms with Crippen LogP contribution >= 0.6 is 0 Å². The number of non-ortho nitro benzene ring substituents is 1. The Morgan fingerprint density at radius 1 is 1.28 bits per heavy atom. The van der Waals surface area contributed by atoms with E-state index in [0.717, 1.165) is 25.9 Å². The van der Waals surface area contributed by atoms with E-state index in [9.17, 15) is 24.5 Å². The van der Waals surface area contributed by atoms with E-state index < -0.39 is 28.2 Å². The van der Waals surface area contributed by atoms with Crippen molar-refractivity contribution in [3.05, 3.63) is 49.8 Å². The number of hydrogen-bond donors (Lipinski definition) is 3. The molecule has 2 aromatic rings. The van der Waals surface area contributed by atoms with Gasteiger partial charge in [-0.15, -0.1) is 0 Å². The average Bonchev–Trinajstić information content (AvgIpc) is 2.74. The highest BCUT2D eigenvalue weighted by molar-refractivity contribution is 6.04. The van der Waals surface area contributed by atoms with Crippen molar-refractivity contribution in [2.75, 3.05) is 28.6 Å². The minimum atomic E-state index is -1.07. The molecule has 32 heavy (non-hydrogen) atoms. The number of fused-ring (bicyclic) bond motifs is 1. The summed E-state index contributed by atoms with van der Waals surface area (Å²) in [6.07, 6.45) is 1.72. The van der Waals surface area contributed by atoms with Crippen LogP contribution in [0, 0.1) is 23.0 Å². The van der Waals surface area contributed by atoms with Gasteiger partial charge < -0.3 is 15.5 Å². The van der Waals surface area contributed by atoms with Crippen LogP contribution in [-0.2, 0) is 9.59 Å². The molecule has 0 saturated carbocycles. The number of piperidine rings is 1. The van der Waals surface area contributed by atoms with E-state index >= 15 is 0 Å². The predicted octanol–water partition coefficient (Wildman–Crippen LogP) is 2.29. The van der Waals surface area contributed by atoms with Crippen molar-refractivity contribution in [1.82, 2.24) is 9.97 Å². The maximum Gasteiger partial charge on any atom is 0.271 e. The Kier molecular flexibility index (Phi) is 5.64. The summed E-state index contributed by atoms with van der Waals surface area (Å²) in [4.78, 5) is 57.9. The minimum Gasteiger partial charge on any atom is -0.342 e. The monoisotopic (exact) mass is 440 g/mol. The molecule has 0 aliphatic carbocycles. The van der Waals surface area contributed by atoms with Gasteiger partial charge in [0.2, 0.25) is 17.8 Å². The molecule has 3 N–H and O–H groups in total. The molecule has 0 spiro atoms. The van der Waals surface area contributed by atoms with Crippen molar-refractivity contribution in [2.45, 2.75) is 39.0 Å². The molecule has 0 bridgehead atoms. The van der Waals surface area contributed by atoms with E-state index in [1.807, 2.05) is 4.90 Å². The number of amides is 2. The highest BCUT2D eigenvalue weighted by Crippen LogP contribution is 2.32. The number of carbonyl (C=O) groups is 2. The van der Waals surface area contributed by atoms with E-state index in [1.54, 1.807) is 6.92 Å². The molecule has 2 amide bonds. The Balaban J connectivity index is 1.64. The van der Waals surface area contributed by atoms with Gasteiger partial charge in [-0.05, 0) is 31.2 Å². The zero-order chi connectivity index (χ0) is 23.0. The maximum atomic E-state index is 13.0. The number of hydrogen-bond acceptors (Lipinski definition) is 7. The number of nitro groups is 1. The highest BCUT2D eigenvalue weighted by Gasteiger charge is 2.35. The molecule has 0 radical (unpaired) electrons. The molecular formula is C21H24N6O5. The topological polar surface area (TPSA) is 150 Å². The van der Waals surface area contributed by atoms with Crippen LogP contribution in [0.25, 0.3) is 0 Å². The lowest BCUT2D eigenvalue weighted by molar-refractivity contribution is -0.384. The Morgan fingerprint density at radius 3 is 2.69 bits per heavy atom. The van der Waals surface area contributed by atoms with Crippen LogP contribution in [0.3, 0.4) is 0 Å². The summed E-state index contributed by atoms with van der Waals surface area (Å²) in [5.41, 5.74) is 0.290. The third-order valence-electron chi connectivity index (χ3n) is 6.03. The fourth-order valence-electron chi connectivity index (χ4n) is 4.03. The number of aromatic amines is 1. The second kappa shape index (κ2) is 8.40. The Hall–Kier alpha value is -3.76. The number of rotatable bonds is 4. The molecule has 1 aromatic carbocycles. The van der Waals surface area contributed by atoms with Gasteiger partial charge in [0, 0.05) is 31.6 Å². The Labute approximate surface area is 183 Å². The zero-order valence-electron chi connectivity index (χ0n) is 17.8. The van der Waals surface area contributed by atoms with Crippen LogP contribution in [0.5, 0.6) is 0 Å². The SMILES string of the molecule is Cc1ccc([N+](=O)[O-])cc1NC(=O)[C@@H]1CC(=O)Nc2nc(N3CCC(C)CC3)[nH]c(=O)c21. The minimum absolute atomic E-state index is 0.0783. The van der Waals surface area contributed by atoms with Crippen molar-refractivity contribution in [3.63, 3.8) is 0 Å². The number of aromatic nitrogens is 2. The van der Waals surface area contributed by atoms with Crippen LogP contribution in [-0.4, -0.2) is 39.8 Å². The summed E-state index contributed by atoms with van der Waals surface area (Å²) in [7, 11) is 0. The summed E-state index contributed by atoms with van der Waals surface area (Å²) < 4.78 is 0. The molecule has 4 rings (SSSR count). The number of benzene rings is 1. The zero-order valence-corrected chi connectivity index (χ0v) is 17.8. The summed E-state index contributed by atoms with van der Waals surface area (Å²) >= 11 is 0. The molecule has 1 atom stereocenters. The average molecular weight is 440 g/mol. The van der Waals surface area contributed by atoms with Crippen molar-refractivity contribution in [3.8, 4) is 0 Å². The van der Waals surface area contributed by atoms with Gasteiger partial charge in [0.05, 0.1) is 22.1 Å². The molecule has 0 unspecified atom stereocenters. The number of nitrogens with zero attached hydrogens (tertiary/aromatic N) is 3. The second-order valence-electron chi connectivity index (χ2n) is 8.37. The van der Waals surface area contributed by atoms with Gasteiger partial charge in [0.15, 0.2) is 0 Å². The van der Waals surface area contributed by atoms with Crippen molar-refractivity contribution in [1.29, 1.82) is 0 Å². The quantitative estimate of drug-likeness (QED) is 0.487. The summed E-state index contributed by atoms with van der Waals surface area (Å²) in [5.74, 6) is -1.04. The van der Waals surface area contributed by atoms with Gasteiger partial charge in [-0.2, -0.15) is 4.98 Å². The molecule has 168 valence electrons. The summed E-state index contributed by atoms with van der Waals surface area (Å²) in [6.45, 7) is 5.35. The first kappa shape index (κ1) is 21.5. The fourth-order valence-corrected chi connectivity index (χ4v) is 4.03. The van der Waals surface area contributed by atoms with E-state index in [-0.39, 0.29) is 29.2 Å². The van der Waals surface area contributed by atoms with Gasteiger partial charge in [0.25, 0.3) is 11.2 Å². The second-order valence-corrected chi connectivity index (χ2v) is 8.37. The maximum absolute atomic E-state index is 13.0. The van der Waals surface area contributed by atoms with Gasteiger partial charge in [-0.25, -0.2) is 0 Å². The molecular weight excluding hydrogens is 416 g/mol. The van der Waals surface area contributed by atoms with Crippen LogP contribution in [0.2, 0.25) is 0 Å². The van der Waals surface area contributed by atoms with Gasteiger partial charge in [0.1, 0.15) is 5.82 Å². The number of carbonyl (C=O) groups excluding carboxylic acids is 2. The third kappa shape index (κ3) is 4.18. The van der Waals surface area contributed by atoms with Gasteiger partial charge in [-0.3, -0.25) is 29.5 Å².